The van der Waals surface area contributed by atoms with Crippen molar-refractivity contribution in [2.24, 2.45) is 0 Å². The second-order valence-electron chi connectivity index (χ2n) is 3.54. The molecule has 0 spiro atoms. The first-order chi connectivity index (χ1) is 7.02. The number of benzene rings is 1. The number of rotatable bonds is 1. The zero-order valence-corrected chi connectivity index (χ0v) is 9.63. The topological polar surface area (TPSA) is 60.2 Å². The average molecular weight is 270 g/mol. The molecule has 15 heavy (non-hydrogen) atoms. The highest BCUT2D eigenvalue weighted by atomic mass is 79.9. The Kier molecular flexibility index (Phi) is 2.34. The molecule has 0 saturated carbocycles. The molecule has 0 amide bonds. The summed E-state index contributed by atoms with van der Waals surface area (Å²) >= 11 is 3.32. The zero-order chi connectivity index (χ0) is 11.2. The molecule has 1 aromatic carbocycles. The highest BCUT2D eigenvalue weighted by Gasteiger charge is 2.27. The van der Waals surface area contributed by atoms with Gasteiger partial charge in [-0.25, -0.2) is 0 Å². The van der Waals surface area contributed by atoms with E-state index < -0.39 is 4.92 Å². The number of halogens is 1. The third-order valence-electron chi connectivity index (χ3n) is 2.68. The van der Waals surface area contributed by atoms with E-state index in [4.69, 9.17) is 0 Å². The van der Waals surface area contributed by atoms with Gasteiger partial charge in [0.15, 0.2) is 5.78 Å². The molecule has 1 aromatic rings. The van der Waals surface area contributed by atoms with Crippen LogP contribution in [0.3, 0.4) is 0 Å². The predicted molar refractivity (Wildman–Crippen MR) is 58.2 cm³/mol. The number of nitro groups is 1. The van der Waals surface area contributed by atoms with Gasteiger partial charge in [0.25, 0.3) is 5.69 Å². The third-order valence-corrected chi connectivity index (χ3v) is 3.76. The quantitative estimate of drug-likeness (QED) is 0.582. The molecule has 0 aromatic heterocycles. The maximum atomic E-state index is 11.5. The van der Waals surface area contributed by atoms with Gasteiger partial charge in [0, 0.05) is 28.1 Å². The maximum Gasteiger partial charge on any atom is 0.274 e. The Morgan fingerprint density at radius 3 is 2.73 bits per heavy atom. The van der Waals surface area contributed by atoms with Crippen molar-refractivity contribution in [1.29, 1.82) is 0 Å². The fourth-order valence-electron chi connectivity index (χ4n) is 1.85. The van der Waals surface area contributed by atoms with Gasteiger partial charge in [-0.1, -0.05) is 0 Å². The monoisotopic (exact) mass is 269 g/mol. The van der Waals surface area contributed by atoms with E-state index in [0.29, 0.717) is 28.4 Å². The van der Waals surface area contributed by atoms with E-state index in [-0.39, 0.29) is 11.5 Å². The SMILES string of the molecule is Cc1c([N+](=O)[O-])cc2c(c1Br)CCC2=O. The molecule has 0 fully saturated rings. The number of carbonyl (C=O) groups excluding carboxylic acids is 1. The van der Waals surface area contributed by atoms with Gasteiger partial charge in [0.05, 0.1) is 4.92 Å². The van der Waals surface area contributed by atoms with Crippen LogP contribution < -0.4 is 0 Å². The van der Waals surface area contributed by atoms with E-state index in [1.165, 1.54) is 6.07 Å². The molecule has 0 atom stereocenters. The highest BCUT2D eigenvalue weighted by Crippen LogP contribution is 2.36. The number of nitro benzene ring substituents is 1. The fourth-order valence-corrected chi connectivity index (χ4v) is 2.46. The van der Waals surface area contributed by atoms with E-state index in [0.717, 1.165) is 5.56 Å². The molecule has 0 aliphatic heterocycles. The van der Waals surface area contributed by atoms with Gasteiger partial charge in [-0.3, -0.25) is 14.9 Å². The Morgan fingerprint density at radius 2 is 2.13 bits per heavy atom. The number of carbonyl (C=O) groups is 1. The summed E-state index contributed by atoms with van der Waals surface area (Å²) in [6.07, 6.45) is 1.13. The first kappa shape index (κ1) is 10.3. The van der Waals surface area contributed by atoms with E-state index in [2.05, 4.69) is 15.9 Å². The van der Waals surface area contributed by atoms with Crippen LogP contribution >= 0.6 is 15.9 Å². The van der Waals surface area contributed by atoms with Crippen molar-refractivity contribution >= 4 is 27.4 Å². The van der Waals surface area contributed by atoms with Crippen molar-refractivity contribution < 1.29 is 9.72 Å². The van der Waals surface area contributed by atoms with Gasteiger partial charge >= 0.3 is 0 Å². The van der Waals surface area contributed by atoms with Crippen LogP contribution in [0.1, 0.15) is 27.9 Å². The van der Waals surface area contributed by atoms with Crippen LogP contribution in [0, 0.1) is 17.0 Å². The minimum absolute atomic E-state index is 0.00574. The first-order valence-corrected chi connectivity index (χ1v) is 5.31. The molecule has 0 saturated heterocycles. The van der Waals surface area contributed by atoms with E-state index in [1.807, 2.05) is 0 Å². The molecule has 1 aliphatic rings. The Bertz CT molecular complexity index is 481. The molecule has 2 rings (SSSR count). The second kappa shape index (κ2) is 3.41. The van der Waals surface area contributed by atoms with Crippen molar-refractivity contribution in [3.8, 4) is 0 Å². The van der Waals surface area contributed by atoms with Crippen LogP contribution in [0.2, 0.25) is 0 Å². The molecule has 0 heterocycles. The second-order valence-corrected chi connectivity index (χ2v) is 4.33. The molecule has 1 aliphatic carbocycles. The van der Waals surface area contributed by atoms with E-state index in [1.54, 1.807) is 6.92 Å². The summed E-state index contributed by atoms with van der Waals surface area (Å²) in [5, 5.41) is 10.8. The van der Waals surface area contributed by atoms with Crippen LogP contribution in [0.25, 0.3) is 0 Å². The summed E-state index contributed by atoms with van der Waals surface area (Å²) in [4.78, 5) is 21.8. The first-order valence-electron chi connectivity index (χ1n) is 4.52. The molecular weight excluding hydrogens is 262 g/mol. The van der Waals surface area contributed by atoms with Crippen molar-refractivity contribution in [1.82, 2.24) is 0 Å². The molecule has 4 nitrogen and oxygen atoms in total. The summed E-state index contributed by atoms with van der Waals surface area (Å²) in [5.41, 5.74) is 2.01. The van der Waals surface area contributed by atoms with Crippen LogP contribution in [0.4, 0.5) is 5.69 Å². The Balaban J connectivity index is 2.74. The molecule has 78 valence electrons. The molecule has 0 radical (unpaired) electrons. The van der Waals surface area contributed by atoms with Gasteiger partial charge in [0.2, 0.25) is 0 Å². The maximum absolute atomic E-state index is 11.5. The highest BCUT2D eigenvalue weighted by molar-refractivity contribution is 9.10. The number of hydrogen-bond acceptors (Lipinski definition) is 3. The normalized spacial score (nSPS) is 14.1. The summed E-state index contributed by atoms with van der Waals surface area (Å²) in [6, 6.07) is 1.39. The molecule has 0 unspecified atom stereocenters. The Hall–Kier alpha value is -1.23. The lowest BCUT2D eigenvalue weighted by atomic mass is 10.0. The van der Waals surface area contributed by atoms with Crippen molar-refractivity contribution in [2.75, 3.05) is 0 Å². The fraction of sp³-hybridized carbons (Fsp3) is 0.300. The summed E-state index contributed by atoms with van der Waals surface area (Å²) < 4.78 is 0.706. The molecular formula is C10H8BrNO3. The number of fused-ring (bicyclic) bond motifs is 1. The minimum Gasteiger partial charge on any atom is -0.294 e. The largest absolute Gasteiger partial charge is 0.294 e. The standard InChI is InChI=1S/C10H8BrNO3/c1-5-8(12(14)15)4-7-6(10(5)11)2-3-9(7)13/h4H,2-3H2,1H3. The van der Waals surface area contributed by atoms with E-state index >= 15 is 0 Å². The van der Waals surface area contributed by atoms with Gasteiger partial charge < -0.3 is 0 Å². The van der Waals surface area contributed by atoms with Gasteiger partial charge in [0.1, 0.15) is 0 Å². The molecule has 0 N–H and O–H groups in total. The average Bonchev–Trinajstić information content (AvgIpc) is 2.53. The number of ketones is 1. The summed E-state index contributed by atoms with van der Waals surface area (Å²) in [5.74, 6) is -0.00574. The number of Topliss-reactive ketones (excluding diaryl/α,β-unsaturated/α-hetero) is 1. The molecule has 5 heteroatoms. The predicted octanol–water partition coefficient (Wildman–Crippen LogP) is 2.79. The number of hydrogen-bond donors (Lipinski definition) is 0. The van der Waals surface area contributed by atoms with E-state index in [9.17, 15) is 14.9 Å². The van der Waals surface area contributed by atoms with Crippen molar-refractivity contribution in [2.45, 2.75) is 19.8 Å². The summed E-state index contributed by atoms with van der Waals surface area (Å²) in [6.45, 7) is 1.69. The number of nitrogens with zero attached hydrogens (tertiary/aromatic N) is 1. The summed E-state index contributed by atoms with van der Waals surface area (Å²) in [7, 11) is 0. The van der Waals surface area contributed by atoms with Gasteiger partial charge in [-0.15, -0.1) is 0 Å². The zero-order valence-electron chi connectivity index (χ0n) is 8.04. The van der Waals surface area contributed by atoms with Crippen molar-refractivity contribution in [3.05, 3.63) is 37.3 Å². The lowest BCUT2D eigenvalue weighted by molar-refractivity contribution is -0.385. The Morgan fingerprint density at radius 1 is 1.47 bits per heavy atom. The van der Waals surface area contributed by atoms with Crippen LogP contribution in [0.15, 0.2) is 10.5 Å². The van der Waals surface area contributed by atoms with Crippen LogP contribution in [-0.4, -0.2) is 10.7 Å². The minimum atomic E-state index is -0.452. The van der Waals surface area contributed by atoms with Gasteiger partial charge in [-0.05, 0) is 34.8 Å². The van der Waals surface area contributed by atoms with Crippen molar-refractivity contribution in [3.63, 3.8) is 0 Å². The smallest absolute Gasteiger partial charge is 0.274 e. The molecule has 0 bridgehead atoms. The van der Waals surface area contributed by atoms with Crippen LogP contribution in [-0.2, 0) is 6.42 Å². The van der Waals surface area contributed by atoms with Gasteiger partial charge in [-0.2, -0.15) is 0 Å². The van der Waals surface area contributed by atoms with Crippen LogP contribution in [0.5, 0.6) is 0 Å². The third kappa shape index (κ3) is 1.47. The lowest BCUT2D eigenvalue weighted by Crippen LogP contribution is -1.99. The lowest BCUT2D eigenvalue weighted by Gasteiger charge is -2.05. The Labute approximate surface area is 94.6 Å².